The third-order valence-electron chi connectivity index (χ3n) is 6.27. The van der Waals surface area contributed by atoms with Gasteiger partial charge in [-0.15, -0.1) is 0 Å². The van der Waals surface area contributed by atoms with Gasteiger partial charge in [0.15, 0.2) is 6.20 Å². The van der Waals surface area contributed by atoms with E-state index in [0.717, 1.165) is 6.42 Å². The van der Waals surface area contributed by atoms with Crippen LogP contribution in [-0.4, -0.2) is 0 Å². The largest absolute Gasteiger partial charge is 0.213 e. The van der Waals surface area contributed by atoms with Gasteiger partial charge >= 0.3 is 0 Å². The minimum atomic E-state index is 1.02. The van der Waals surface area contributed by atoms with Crippen LogP contribution in [0.3, 0.4) is 0 Å². The first-order valence-corrected chi connectivity index (χ1v) is 10.3. The molecule has 1 heterocycles. The molecule has 3 aromatic carbocycles. The molecule has 1 aromatic heterocycles. The average molecular weight is 377 g/mol. The summed E-state index contributed by atoms with van der Waals surface area (Å²) in [7, 11) is 2.17. The Hall–Kier alpha value is -3.19. The predicted octanol–water partition coefficient (Wildman–Crippen LogP) is 6.34. The summed E-state index contributed by atoms with van der Waals surface area (Å²) in [6.07, 6.45) is 3.30. The molecule has 0 bridgehead atoms. The van der Waals surface area contributed by atoms with Gasteiger partial charge in [0, 0.05) is 11.6 Å². The molecular weight excluding hydrogens is 350 g/mol. The Morgan fingerprint density at radius 3 is 2.31 bits per heavy atom. The van der Waals surface area contributed by atoms with Gasteiger partial charge in [-0.2, -0.15) is 0 Å². The number of hydrogen-bond acceptors (Lipinski definition) is 0. The van der Waals surface area contributed by atoms with Crippen molar-refractivity contribution in [3.05, 3.63) is 101 Å². The fraction of sp³-hybridized carbons (Fsp3) is 0.179. The number of benzene rings is 3. The highest BCUT2D eigenvalue weighted by Gasteiger charge is 2.27. The molecule has 1 nitrogen and oxygen atoms in total. The van der Waals surface area contributed by atoms with Gasteiger partial charge in [-0.1, -0.05) is 66.2 Å². The zero-order chi connectivity index (χ0) is 20.1. The van der Waals surface area contributed by atoms with E-state index in [4.69, 9.17) is 0 Å². The Morgan fingerprint density at radius 1 is 0.724 bits per heavy atom. The fourth-order valence-electron chi connectivity index (χ4n) is 4.76. The maximum absolute atomic E-state index is 2.36. The van der Waals surface area contributed by atoms with Crippen LogP contribution in [-0.2, 0) is 13.5 Å². The molecule has 0 radical (unpaired) electrons. The molecule has 0 amide bonds. The molecule has 1 aliphatic carbocycles. The standard InChI is InChI=1S/C28H26N/c1-18-10-12-22-16-25-23(24(22)14-18)13-11-19(2)28(25)27-15-20(3)26(17-29(27)4)21-8-6-5-7-9-21/h5-15,17H,16H2,1-4H3/q+1. The SMILES string of the molecule is Cc1ccc2c(c1)-c1ccc(C)c(-c3cc(C)c(-c4ccccc4)c[n+]3C)c1C2. The Balaban J connectivity index is 1.70. The molecule has 0 atom stereocenters. The second kappa shape index (κ2) is 6.70. The van der Waals surface area contributed by atoms with Crippen molar-refractivity contribution < 1.29 is 4.57 Å². The first-order chi connectivity index (χ1) is 14.0. The molecule has 0 saturated carbocycles. The molecule has 0 unspecified atom stereocenters. The molecule has 29 heavy (non-hydrogen) atoms. The Morgan fingerprint density at radius 2 is 1.52 bits per heavy atom. The van der Waals surface area contributed by atoms with Crippen LogP contribution in [0.1, 0.15) is 27.8 Å². The van der Waals surface area contributed by atoms with E-state index in [9.17, 15) is 0 Å². The van der Waals surface area contributed by atoms with Crippen molar-refractivity contribution in [1.82, 2.24) is 0 Å². The van der Waals surface area contributed by atoms with Gasteiger partial charge in [0.25, 0.3) is 0 Å². The van der Waals surface area contributed by atoms with Gasteiger partial charge in [0.05, 0.1) is 5.56 Å². The van der Waals surface area contributed by atoms with Crippen molar-refractivity contribution in [1.29, 1.82) is 0 Å². The lowest BCUT2D eigenvalue weighted by molar-refractivity contribution is -0.660. The Bertz CT molecular complexity index is 1250. The van der Waals surface area contributed by atoms with Crippen LogP contribution >= 0.6 is 0 Å². The average Bonchev–Trinajstić information content (AvgIpc) is 3.08. The van der Waals surface area contributed by atoms with E-state index in [1.165, 1.54) is 61.3 Å². The smallest absolute Gasteiger partial charge is 0.200 e. The molecule has 4 aromatic rings. The maximum Gasteiger partial charge on any atom is 0.213 e. The monoisotopic (exact) mass is 376 g/mol. The van der Waals surface area contributed by atoms with Gasteiger partial charge in [-0.05, 0) is 66.1 Å². The van der Waals surface area contributed by atoms with Gasteiger partial charge in [0.1, 0.15) is 7.05 Å². The third-order valence-corrected chi connectivity index (χ3v) is 6.27. The second-order valence-electron chi connectivity index (χ2n) is 8.35. The third kappa shape index (κ3) is 2.89. The molecule has 0 aliphatic heterocycles. The van der Waals surface area contributed by atoms with E-state index in [2.05, 4.69) is 105 Å². The quantitative estimate of drug-likeness (QED) is 0.316. The van der Waals surface area contributed by atoms with Gasteiger partial charge in [0.2, 0.25) is 5.69 Å². The van der Waals surface area contributed by atoms with Crippen molar-refractivity contribution in [3.63, 3.8) is 0 Å². The minimum Gasteiger partial charge on any atom is -0.200 e. The van der Waals surface area contributed by atoms with Crippen molar-refractivity contribution in [2.45, 2.75) is 27.2 Å². The molecule has 0 spiro atoms. The summed E-state index contributed by atoms with van der Waals surface area (Å²) >= 11 is 0. The van der Waals surface area contributed by atoms with Crippen molar-refractivity contribution in [2.24, 2.45) is 7.05 Å². The number of pyridine rings is 1. The number of aryl methyl sites for hydroxylation is 4. The Labute approximate surface area is 173 Å². The lowest BCUT2D eigenvalue weighted by Gasteiger charge is -2.13. The summed E-state index contributed by atoms with van der Waals surface area (Å²) in [4.78, 5) is 0. The molecule has 142 valence electrons. The lowest BCUT2D eigenvalue weighted by atomic mass is 9.92. The summed E-state index contributed by atoms with van der Waals surface area (Å²) < 4.78 is 2.30. The molecule has 0 N–H and O–H groups in total. The number of aromatic nitrogens is 1. The summed E-state index contributed by atoms with van der Waals surface area (Å²) in [5.41, 5.74) is 14.9. The summed E-state index contributed by atoms with van der Waals surface area (Å²) in [5, 5.41) is 0. The fourth-order valence-corrected chi connectivity index (χ4v) is 4.76. The van der Waals surface area contributed by atoms with Crippen LogP contribution in [0.4, 0.5) is 0 Å². The highest BCUT2D eigenvalue weighted by Crippen LogP contribution is 2.43. The van der Waals surface area contributed by atoms with Crippen molar-refractivity contribution in [3.8, 4) is 33.5 Å². The van der Waals surface area contributed by atoms with E-state index < -0.39 is 0 Å². The number of rotatable bonds is 2. The van der Waals surface area contributed by atoms with Crippen LogP contribution in [0.15, 0.2) is 72.9 Å². The number of nitrogens with zero attached hydrogens (tertiary/aromatic N) is 1. The number of fused-ring (bicyclic) bond motifs is 3. The molecule has 0 fully saturated rings. The van der Waals surface area contributed by atoms with E-state index in [1.807, 2.05) is 0 Å². The van der Waals surface area contributed by atoms with E-state index in [1.54, 1.807) is 0 Å². The van der Waals surface area contributed by atoms with Gasteiger partial charge in [-0.25, -0.2) is 4.57 Å². The van der Waals surface area contributed by atoms with Gasteiger partial charge in [-0.3, -0.25) is 0 Å². The molecular formula is C28H26N+. The first-order valence-electron chi connectivity index (χ1n) is 10.3. The summed E-state index contributed by atoms with van der Waals surface area (Å²) in [6.45, 7) is 6.64. The topological polar surface area (TPSA) is 3.88 Å². The van der Waals surface area contributed by atoms with Gasteiger partial charge < -0.3 is 0 Å². The van der Waals surface area contributed by atoms with E-state index in [-0.39, 0.29) is 0 Å². The van der Waals surface area contributed by atoms with E-state index >= 15 is 0 Å². The predicted molar refractivity (Wildman–Crippen MR) is 121 cm³/mol. The van der Waals surface area contributed by atoms with Crippen LogP contribution < -0.4 is 4.57 Å². The maximum atomic E-state index is 2.36. The van der Waals surface area contributed by atoms with Crippen LogP contribution in [0, 0.1) is 20.8 Å². The molecule has 1 aliphatic rings. The highest BCUT2D eigenvalue weighted by atomic mass is 14.9. The summed E-state index contributed by atoms with van der Waals surface area (Å²) in [5.74, 6) is 0. The molecule has 5 rings (SSSR count). The number of hydrogen-bond donors (Lipinski definition) is 0. The zero-order valence-electron chi connectivity index (χ0n) is 17.6. The van der Waals surface area contributed by atoms with Crippen LogP contribution in [0.2, 0.25) is 0 Å². The highest BCUT2D eigenvalue weighted by molar-refractivity contribution is 5.85. The van der Waals surface area contributed by atoms with Crippen molar-refractivity contribution >= 4 is 0 Å². The first kappa shape index (κ1) is 17.9. The van der Waals surface area contributed by atoms with Crippen LogP contribution in [0.25, 0.3) is 33.5 Å². The second-order valence-corrected chi connectivity index (χ2v) is 8.35. The van der Waals surface area contributed by atoms with Crippen LogP contribution in [0.5, 0.6) is 0 Å². The summed E-state index contributed by atoms with van der Waals surface area (Å²) in [6, 6.07) is 24.5. The molecule has 0 saturated heterocycles. The van der Waals surface area contributed by atoms with Crippen molar-refractivity contribution in [2.75, 3.05) is 0 Å². The van der Waals surface area contributed by atoms with E-state index in [0.29, 0.717) is 0 Å². The normalized spacial score (nSPS) is 12.0. The zero-order valence-corrected chi connectivity index (χ0v) is 17.6. The lowest BCUT2D eigenvalue weighted by Crippen LogP contribution is -2.31. The Kier molecular flexibility index (Phi) is 4.13. The minimum absolute atomic E-state index is 1.02. The molecule has 1 heteroatoms.